The highest BCUT2D eigenvalue weighted by atomic mass is 79.9. The van der Waals surface area contributed by atoms with Crippen molar-refractivity contribution >= 4 is 51.3 Å². The van der Waals surface area contributed by atoms with Gasteiger partial charge in [-0.25, -0.2) is 5.43 Å². The molecule has 0 saturated heterocycles. The number of nitrogens with zero attached hydrogens (tertiary/aromatic N) is 1. The predicted molar refractivity (Wildman–Crippen MR) is 116 cm³/mol. The number of rotatable bonds is 7. The number of carbonyl (C=O) groups excluding carboxylic acids is 1. The number of carbonyl (C=O) groups is 1. The van der Waals surface area contributed by atoms with Crippen molar-refractivity contribution in [3.63, 3.8) is 0 Å². The molecule has 0 atom stereocenters. The second kappa shape index (κ2) is 9.82. The van der Waals surface area contributed by atoms with E-state index in [2.05, 4.69) is 26.5 Å². The lowest BCUT2D eigenvalue weighted by molar-refractivity contribution is -0.123. The Labute approximate surface area is 185 Å². The first-order valence-corrected chi connectivity index (χ1v) is 9.84. The van der Waals surface area contributed by atoms with Crippen LogP contribution in [-0.2, 0) is 4.79 Å². The van der Waals surface area contributed by atoms with Crippen molar-refractivity contribution in [2.45, 2.75) is 0 Å². The predicted octanol–water partition coefficient (Wildman–Crippen LogP) is 5.55. The van der Waals surface area contributed by atoms with Crippen LogP contribution >= 0.6 is 39.1 Å². The summed E-state index contributed by atoms with van der Waals surface area (Å²) < 4.78 is 16.9. The summed E-state index contributed by atoms with van der Waals surface area (Å²) in [5.74, 6) is 1.78. The average molecular weight is 498 g/mol. The normalized spacial score (nSPS) is 10.9. The molecule has 0 bridgehead atoms. The van der Waals surface area contributed by atoms with E-state index in [1.807, 2.05) is 0 Å². The minimum absolute atomic E-state index is 0.202. The minimum Gasteiger partial charge on any atom is -0.497 e. The van der Waals surface area contributed by atoms with Crippen LogP contribution in [0.4, 0.5) is 0 Å². The number of hydrazone groups is 1. The molecule has 0 aliphatic heterocycles. The fraction of sp³-hybridized carbons (Fsp3) is 0.100. The lowest BCUT2D eigenvalue weighted by atomic mass is 10.2. The van der Waals surface area contributed by atoms with Crippen LogP contribution in [-0.4, -0.2) is 25.8 Å². The number of hydrogen-bond acceptors (Lipinski definition) is 5. The molecule has 0 fully saturated rings. The Morgan fingerprint density at radius 2 is 2.03 bits per heavy atom. The van der Waals surface area contributed by atoms with E-state index in [4.69, 9.17) is 37.1 Å². The molecular weight excluding hydrogens is 483 g/mol. The molecule has 0 aliphatic rings. The average Bonchev–Trinajstić information content (AvgIpc) is 3.15. The Hall–Kier alpha value is -2.48. The Kier molecular flexibility index (Phi) is 7.19. The van der Waals surface area contributed by atoms with Crippen LogP contribution in [0.2, 0.25) is 10.0 Å². The first-order chi connectivity index (χ1) is 14.0. The van der Waals surface area contributed by atoms with Gasteiger partial charge < -0.3 is 13.9 Å². The van der Waals surface area contributed by atoms with Gasteiger partial charge in [-0.05, 0) is 64.5 Å². The molecule has 9 heteroatoms. The van der Waals surface area contributed by atoms with Gasteiger partial charge in [0.05, 0.1) is 22.8 Å². The zero-order chi connectivity index (χ0) is 20.8. The highest BCUT2D eigenvalue weighted by Crippen LogP contribution is 2.31. The van der Waals surface area contributed by atoms with Gasteiger partial charge in [0.25, 0.3) is 5.91 Å². The maximum atomic E-state index is 11.9. The molecular formula is C20H15BrCl2N2O4. The Balaban J connectivity index is 1.53. The van der Waals surface area contributed by atoms with Gasteiger partial charge in [-0.3, -0.25) is 4.79 Å². The summed E-state index contributed by atoms with van der Waals surface area (Å²) in [6.45, 7) is -0.202. The largest absolute Gasteiger partial charge is 0.497 e. The number of furan rings is 1. The third kappa shape index (κ3) is 5.76. The van der Waals surface area contributed by atoms with Crippen molar-refractivity contribution in [3.8, 4) is 22.8 Å². The summed E-state index contributed by atoms with van der Waals surface area (Å²) >= 11 is 15.4. The van der Waals surface area contributed by atoms with Gasteiger partial charge >= 0.3 is 0 Å². The molecule has 1 amide bonds. The van der Waals surface area contributed by atoms with Crippen LogP contribution in [0.25, 0.3) is 11.3 Å². The fourth-order valence-electron chi connectivity index (χ4n) is 2.33. The van der Waals surface area contributed by atoms with Crippen molar-refractivity contribution in [2.75, 3.05) is 13.7 Å². The third-order valence-electron chi connectivity index (χ3n) is 3.70. The van der Waals surface area contributed by atoms with Crippen molar-refractivity contribution in [1.29, 1.82) is 0 Å². The molecule has 3 rings (SSSR count). The zero-order valence-electron chi connectivity index (χ0n) is 15.1. The second-order valence-corrected chi connectivity index (χ2v) is 7.40. The Bertz CT molecular complexity index is 1050. The molecule has 1 heterocycles. The van der Waals surface area contributed by atoms with Crippen LogP contribution in [0.5, 0.6) is 11.5 Å². The monoisotopic (exact) mass is 496 g/mol. The van der Waals surface area contributed by atoms with Crippen molar-refractivity contribution in [3.05, 3.63) is 68.8 Å². The molecule has 0 aliphatic carbocycles. The molecule has 0 spiro atoms. The lowest BCUT2D eigenvalue weighted by Crippen LogP contribution is -2.24. The summed E-state index contributed by atoms with van der Waals surface area (Å²) in [4.78, 5) is 11.9. The fourth-order valence-corrected chi connectivity index (χ4v) is 3.30. The van der Waals surface area contributed by atoms with Gasteiger partial charge in [0, 0.05) is 10.6 Å². The quantitative estimate of drug-likeness (QED) is 0.343. The molecule has 1 N–H and O–H groups in total. The highest BCUT2D eigenvalue weighted by molar-refractivity contribution is 9.10. The zero-order valence-corrected chi connectivity index (χ0v) is 18.2. The number of hydrogen-bond donors (Lipinski definition) is 1. The number of benzene rings is 2. The summed E-state index contributed by atoms with van der Waals surface area (Å²) in [7, 11) is 1.57. The summed E-state index contributed by atoms with van der Waals surface area (Å²) in [5, 5.41) is 4.88. The number of halogens is 3. The second-order valence-electron chi connectivity index (χ2n) is 5.70. The molecule has 6 nitrogen and oxygen atoms in total. The van der Waals surface area contributed by atoms with E-state index in [1.165, 1.54) is 6.21 Å². The van der Waals surface area contributed by atoms with Crippen molar-refractivity contribution in [2.24, 2.45) is 5.10 Å². The molecule has 29 heavy (non-hydrogen) atoms. The van der Waals surface area contributed by atoms with E-state index in [0.717, 1.165) is 0 Å². The first-order valence-electron chi connectivity index (χ1n) is 8.30. The summed E-state index contributed by atoms with van der Waals surface area (Å²) in [6, 6.07) is 13.8. The van der Waals surface area contributed by atoms with Crippen LogP contribution in [0, 0.1) is 0 Å². The number of ether oxygens (including phenoxy) is 2. The van der Waals surface area contributed by atoms with Gasteiger partial charge in [-0.2, -0.15) is 5.10 Å². The maximum absolute atomic E-state index is 11.9. The molecule has 1 aromatic heterocycles. The van der Waals surface area contributed by atoms with Crippen LogP contribution in [0.1, 0.15) is 5.76 Å². The van der Waals surface area contributed by atoms with Crippen molar-refractivity contribution < 1.29 is 18.7 Å². The molecule has 2 aromatic carbocycles. The van der Waals surface area contributed by atoms with E-state index < -0.39 is 5.91 Å². The van der Waals surface area contributed by atoms with Crippen LogP contribution in [0.3, 0.4) is 0 Å². The third-order valence-corrected chi connectivity index (χ3v) is 4.87. The SMILES string of the molecule is COc1ccc(OCC(=O)NN=Cc2ccc(-c3ccc(Cl)cc3Cl)o2)c(Br)c1. The Morgan fingerprint density at radius 1 is 1.21 bits per heavy atom. The van der Waals surface area contributed by atoms with Crippen LogP contribution in [0.15, 0.2) is 62.5 Å². The molecule has 0 unspecified atom stereocenters. The van der Waals surface area contributed by atoms with E-state index in [9.17, 15) is 4.79 Å². The molecule has 0 saturated carbocycles. The van der Waals surface area contributed by atoms with Gasteiger partial charge in [0.15, 0.2) is 6.61 Å². The summed E-state index contributed by atoms with van der Waals surface area (Å²) in [6.07, 6.45) is 1.38. The molecule has 3 aromatic rings. The van der Waals surface area contributed by atoms with Gasteiger partial charge in [-0.15, -0.1) is 0 Å². The van der Waals surface area contributed by atoms with E-state index in [0.29, 0.717) is 43.1 Å². The first kappa shape index (κ1) is 21.2. The molecule has 0 radical (unpaired) electrons. The van der Waals surface area contributed by atoms with Gasteiger partial charge in [0.2, 0.25) is 0 Å². The lowest BCUT2D eigenvalue weighted by Gasteiger charge is -2.08. The van der Waals surface area contributed by atoms with Crippen LogP contribution < -0.4 is 14.9 Å². The van der Waals surface area contributed by atoms with E-state index >= 15 is 0 Å². The minimum atomic E-state index is -0.420. The summed E-state index contributed by atoms with van der Waals surface area (Å²) in [5.41, 5.74) is 3.08. The highest BCUT2D eigenvalue weighted by Gasteiger charge is 2.09. The van der Waals surface area contributed by atoms with Gasteiger partial charge in [-0.1, -0.05) is 23.2 Å². The van der Waals surface area contributed by atoms with E-state index in [-0.39, 0.29) is 6.61 Å². The smallest absolute Gasteiger partial charge is 0.277 e. The van der Waals surface area contributed by atoms with Gasteiger partial charge in [0.1, 0.15) is 23.0 Å². The van der Waals surface area contributed by atoms with E-state index in [1.54, 1.807) is 55.6 Å². The topological polar surface area (TPSA) is 73.1 Å². The molecule has 150 valence electrons. The standard InChI is InChI=1S/C20H15BrCl2N2O4/c1-27-13-3-7-19(16(21)9-13)28-11-20(26)25-24-10-14-4-6-18(29-14)15-5-2-12(22)8-17(15)23/h2-10H,11H2,1H3,(H,25,26). The number of methoxy groups -OCH3 is 1. The maximum Gasteiger partial charge on any atom is 0.277 e. The number of nitrogens with one attached hydrogen (secondary N) is 1. The number of amides is 1. The Morgan fingerprint density at radius 3 is 2.76 bits per heavy atom. The van der Waals surface area contributed by atoms with Crippen molar-refractivity contribution in [1.82, 2.24) is 5.43 Å².